The predicted molar refractivity (Wildman–Crippen MR) is 82.1 cm³/mol. The van der Waals surface area contributed by atoms with Crippen molar-refractivity contribution < 1.29 is 0 Å². The van der Waals surface area contributed by atoms with E-state index >= 15 is 0 Å². The van der Waals surface area contributed by atoms with Gasteiger partial charge in [0.05, 0.1) is 12.9 Å². The van der Waals surface area contributed by atoms with Gasteiger partial charge in [-0.3, -0.25) is 0 Å². The van der Waals surface area contributed by atoms with Gasteiger partial charge in [0.25, 0.3) is 0 Å². The van der Waals surface area contributed by atoms with E-state index in [0.29, 0.717) is 38.7 Å². The molecule has 0 spiro atoms. The number of anilines is 1. The Bertz CT molecular complexity index is 738. The first kappa shape index (κ1) is 13.6. The van der Waals surface area contributed by atoms with Gasteiger partial charge in [0.2, 0.25) is 0 Å². The third-order valence-corrected chi connectivity index (χ3v) is 3.92. The van der Waals surface area contributed by atoms with Crippen LogP contribution < -0.4 is 5.73 Å². The van der Waals surface area contributed by atoms with Crippen molar-refractivity contribution in [1.29, 1.82) is 0 Å². The normalized spacial score (nSPS) is 11.2. The van der Waals surface area contributed by atoms with Gasteiger partial charge in [-0.2, -0.15) is 0 Å². The number of benzene rings is 1. The maximum absolute atomic E-state index is 6.18. The van der Waals surface area contributed by atoms with E-state index in [-0.39, 0.29) is 0 Å². The molecule has 102 valence electrons. The second kappa shape index (κ2) is 5.20. The second-order valence-corrected chi connectivity index (χ2v) is 5.65. The van der Waals surface area contributed by atoms with Crippen LogP contribution in [0.4, 0.5) is 5.82 Å². The SMILES string of the molecule is Nc1ncn(Cc2c(Cl)cccc2Cl)c2nc(Br)nc1-2. The van der Waals surface area contributed by atoms with Gasteiger partial charge in [0.1, 0.15) is 0 Å². The zero-order valence-electron chi connectivity index (χ0n) is 10.0. The van der Waals surface area contributed by atoms with Gasteiger partial charge in [0, 0.05) is 15.6 Å². The van der Waals surface area contributed by atoms with E-state index < -0.39 is 0 Å². The molecule has 0 amide bonds. The fourth-order valence-electron chi connectivity index (χ4n) is 1.90. The largest absolute Gasteiger partial charge is 0.382 e. The number of aromatic nitrogens is 4. The van der Waals surface area contributed by atoms with Gasteiger partial charge in [-0.1, -0.05) is 29.3 Å². The summed E-state index contributed by atoms with van der Waals surface area (Å²) in [5.74, 6) is 0.958. The molecule has 1 aromatic carbocycles. The van der Waals surface area contributed by atoms with E-state index in [4.69, 9.17) is 28.9 Å². The average molecular weight is 373 g/mol. The minimum Gasteiger partial charge on any atom is -0.382 e. The Morgan fingerprint density at radius 1 is 1.20 bits per heavy atom. The van der Waals surface area contributed by atoms with E-state index in [1.165, 1.54) is 0 Å². The molecule has 0 bridgehead atoms. The monoisotopic (exact) mass is 371 g/mol. The van der Waals surface area contributed by atoms with Crippen LogP contribution in [0.15, 0.2) is 29.3 Å². The van der Waals surface area contributed by atoms with Gasteiger partial charge >= 0.3 is 0 Å². The van der Waals surface area contributed by atoms with Crippen LogP contribution >= 0.6 is 39.1 Å². The zero-order chi connectivity index (χ0) is 14.3. The first-order chi connectivity index (χ1) is 9.56. The van der Waals surface area contributed by atoms with E-state index in [2.05, 4.69) is 30.9 Å². The van der Waals surface area contributed by atoms with Crippen molar-refractivity contribution in [3.8, 4) is 11.5 Å². The van der Waals surface area contributed by atoms with Crippen LogP contribution in [0.5, 0.6) is 0 Å². The zero-order valence-corrected chi connectivity index (χ0v) is 13.1. The Morgan fingerprint density at radius 2 is 1.90 bits per heavy atom. The molecule has 2 aliphatic rings. The fraction of sp³-hybridized carbons (Fsp3) is 0.0833. The molecule has 1 aromatic rings. The molecule has 0 aliphatic carbocycles. The Balaban J connectivity index is 2.10. The third-order valence-electron chi connectivity index (χ3n) is 2.86. The number of hydrogen-bond acceptors (Lipinski definition) is 4. The number of imidazole rings is 1. The number of hydrogen-bond donors (Lipinski definition) is 1. The van der Waals surface area contributed by atoms with Crippen molar-refractivity contribution in [3.63, 3.8) is 0 Å². The molecular formula is C12H8BrCl2N5. The second-order valence-electron chi connectivity index (χ2n) is 4.12. The highest BCUT2D eigenvalue weighted by atomic mass is 79.9. The lowest BCUT2D eigenvalue weighted by molar-refractivity contribution is 0.762. The smallest absolute Gasteiger partial charge is 0.199 e. The molecule has 5 nitrogen and oxygen atoms in total. The lowest BCUT2D eigenvalue weighted by Crippen LogP contribution is -2.09. The summed E-state index contributed by atoms with van der Waals surface area (Å²) in [6.45, 7) is 0.438. The number of nitrogens with zero attached hydrogens (tertiary/aromatic N) is 4. The van der Waals surface area contributed by atoms with Crippen LogP contribution in [0.3, 0.4) is 0 Å². The molecule has 2 N–H and O–H groups in total. The first-order valence-electron chi connectivity index (χ1n) is 5.63. The highest BCUT2D eigenvalue weighted by molar-refractivity contribution is 9.10. The lowest BCUT2D eigenvalue weighted by atomic mass is 10.2. The van der Waals surface area contributed by atoms with Gasteiger partial charge in [-0.15, -0.1) is 0 Å². The Morgan fingerprint density at radius 3 is 2.60 bits per heavy atom. The molecule has 2 heterocycles. The Kier molecular flexibility index (Phi) is 3.54. The van der Waals surface area contributed by atoms with Crippen LogP contribution in [-0.4, -0.2) is 19.5 Å². The molecule has 2 aliphatic heterocycles. The van der Waals surface area contributed by atoms with Gasteiger partial charge in [-0.05, 0) is 28.1 Å². The summed E-state index contributed by atoms with van der Waals surface area (Å²) in [6.07, 6.45) is 1.60. The molecule has 0 radical (unpaired) electrons. The van der Waals surface area contributed by atoms with Crippen molar-refractivity contribution in [1.82, 2.24) is 19.5 Å². The van der Waals surface area contributed by atoms with Crippen molar-refractivity contribution in [2.24, 2.45) is 0 Å². The van der Waals surface area contributed by atoms with E-state index in [1.807, 2.05) is 0 Å². The minimum absolute atomic E-state index is 0.333. The highest BCUT2D eigenvalue weighted by Crippen LogP contribution is 2.29. The van der Waals surface area contributed by atoms with Gasteiger partial charge in [0.15, 0.2) is 22.1 Å². The van der Waals surface area contributed by atoms with Crippen molar-refractivity contribution >= 4 is 44.9 Å². The average Bonchev–Trinajstić information content (AvgIpc) is 2.79. The number of rotatable bonds is 2. The van der Waals surface area contributed by atoms with Crippen LogP contribution in [0.2, 0.25) is 10.0 Å². The highest BCUT2D eigenvalue weighted by Gasteiger charge is 2.18. The first-order valence-corrected chi connectivity index (χ1v) is 7.18. The molecule has 0 unspecified atom stereocenters. The van der Waals surface area contributed by atoms with Crippen molar-refractivity contribution in [3.05, 3.63) is 44.9 Å². The molecule has 8 heteroatoms. The summed E-state index contributed by atoms with van der Waals surface area (Å²) >= 11 is 15.6. The lowest BCUT2D eigenvalue weighted by Gasteiger charge is -2.13. The van der Waals surface area contributed by atoms with Crippen LogP contribution in [-0.2, 0) is 6.54 Å². The summed E-state index contributed by atoms with van der Waals surface area (Å²) in [5, 5.41) is 1.18. The molecule has 0 saturated heterocycles. The number of nitrogens with two attached hydrogens (primary N) is 1. The Hall–Kier alpha value is -1.37. The quantitative estimate of drug-likeness (QED) is 0.699. The van der Waals surface area contributed by atoms with Gasteiger partial charge in [-0.25, -0.2) is 15.0 Å². The predicted octanol–water partition coefficient (Wildman–Crippen LogP) is 3.48. The molecular weight excluding hydrogens is 365 g/mol. The topological polar surface area (TPSA) is 69.6 Å². The number of fused-ring (bicyclic) bond motifs is 1. The fourth-order valence-corrected chi connectivity index (χ4v) is 2.76. The Labute approximate surface area is 133 Å². The molecule has 0 fully saturated rings. The molecule has 20 heavy (non-hydrogen) atoms. The van der Waals surface area contributed by atoms with Crippen LogP contribution in [0, 0.1) is 0 Å². The molecule has 0 aromatic heterocycles. The van der Waals surface area contributed by atoms with Crippen molar-refractivity contribution in [2.45, 2.75) is 6.54 Å². The maximum atomic E-state index is 6.18. The molecule has 0 saturated carbocycles. The van der Waals surface area contributed by atoms with E-state index in [0.717, 1.165) is 5.56 Å². The molecule has 3 rings (SSSR count). The number of halogens is 3. The van der Waals surface area contributed by atoms with E-state index in [1.54, 1.807) is 29.1 Å². The van der Waals surface area contributed by atoms with Crippen LogP contribution in [0.25, 0.3) is 11.5 Å². The molecule has 0 atom stereocenters. The maximum Gasteiger partial charge on any atom is 0.199 e. The summed E-state index contributed by atoms with van der Waals surface area (Å²) < 4.78 is 2.27. The third kappa shape index (κ3) is 2.34. The standard InChI is InChI=1S/C12H8BrCl2N5/c13-12-18-9-10(16)17-5-20(11(9)19-12)4-6-7(14)2-1-3-8(6)15/h1-3,5H,4,16H2. The summed E-state index contributed by atoms with van der Waals surface area (Å²) in [4.78, 5) is 12.6. The summed E-state index contributed by atoms with van der Waals surface area (Å²) in [7, 11) is 0. The van der Waals surface area contributed by atoms with E-state index in [9.17, 15) is 0 Å². The van der Waals surface area contributed by atoms with Gasteiger partial charge < -0.3 is 10.3 Å². The summed E-state index contributed by atoms with van der Waals surface area (Å²) in [5.41, 5.74) is 7.13. The minimum atomic E-state index is 0.333. The van der Waals surface area contributed by atoms with Crippen molar-refractivity contribution in [2.75, 3.05) is 5.73 Å². The number of nitrogen functional groups attached to an aromatic ring is 1. The van der Waals surface area contributed by atoms with Crippen LogP contribution in [0.1, 0.15) is 5.56 Å². The summed E-state index contributed by atoms with van der Waals surface area (Å²) in [6, 6.07) is 5.38.